The Labute approximate surface area is 205 Å². The van der Waals surface area contributed by atoms with E-state index < -0.39 is 6.10 Å². The molecule has 1 aromatic heterocycles. The Morgan fingerprint density at radius 3 is 2.76 bits per heavy atom. The van der Waals surface area contributed by atoms with E-state index in [0.717, 1.165) is 65.3 Å². The summed E-state index contributed by atoms with van der Waals surface area (Å²) in [4.78, 5) is 7.89. The predicted octanol–water partition coefficient (Wildman–Crippen LogP) is 4.92. The minimum atomic E-state index is -0.581. The second kappa shape index (κ2) is 12.0. The third-order valence-corrected chi connectivity index (χ3v) is 7.84. The number of aliphatic hydroxyl groups is 2. The molecule has 1 aliphatic rings. The zero-order valence-electron chi connectivity index (χ0n) is 19.6. The molecule has 1 fully saturated rings. The molecule has 5 nitrogen and oxygen atoms in total. The minimum Gasteiger partial charge on any atom is -0.497 e. The van der Waals surface area contributed by atoms with Gasteiger partial charge < -0.3 is 19.8 Å². The molecule has 4 rings (SSSR count). The molecule has 0 unspecified atom stereocenters. The number of aliphatic hydroxyl groups excluding tert-OH is 2. The van der Waals surface area contributed by atoms with Crippen molar-refractivity contribution in [1.29, 1.82) is 0 Å². The molecule has 1 aliphatic heterocycles. The Hall–Kier alpha value is -2.19. The Morgan fingerprint density at radius 1 is 1.18 bits per heavy atom. The maximum absolute atomic E-state index is 13.1. The maximum Gasteiger partial charge on any atom is 0.123 e. The summed E-state index contributed by atoms with van der Waals surface area (Å²) >= 11 is 1.73. The van der Waals surface area contributed by atoms with Gasteiger partial charge in [-0.25, -0.2) is 4.39 Å². The summed E-state index contributed by atoms with van der Waals surface area (Å²) in [7, 11) is 1.64. The Bertz CT molecular complexity index is 1070. The van der Waals surface area contributed by atoms with Crippen LogP contribution in [-0.2, 0) is 0 Å². The van der Waals surface area contributed by atoms with E-state index in [0.29, 0.717) is 12.3 Å². The zero-order chi connectivity index (χ0) is 23.9. The number of aromatic nitrogens is 1. The van der Waals surface area contributed by atoms with Gasteiger partial charge in [0.1, 0.15) is 11.6 Å². The van der Waals surface area contributed by atoms with Gasteiger partial charge in [0.15, 0.2) is 0 Å². The Balaban J connectivity index is 1.29. The number of methoxy groups -OCH3 is 1. The lowest BCUT2D eigenvalue weighted by Gasteiger charge is -2.38. The van der Waals surface area contributed by atoms with Gasteiger partial charge in [0, 0.05) is 41.9 Å². The summed E-state index contributed by atoms with van der Waals surface area (Å²) in [5, 5.41) is 22.0. The van der Waals surface area contributed by atoms with Crippen molar-refractivity contribution in [2.45, 2.75) is 30.3 Å². The average Bonchev–Trinajstić information content (AvgIpc) is 2.88. The van der Waals surface area contributed by atoms with Gasteiger partial charge in [-0.05, 0) is 91.7 Å². The smallest absolute Gasteiger partial charge is 0.123 e. The van der Waals surface area contributed by atoms with Gasteiger partial charge in [0.25, 0.3) is 0 Å². The van der Waals surface area contributed by atoms with Crippen LogP contribution in [-0.4, -0.2) is 59.2 Å². The lowest BCUT2D eigenvalue weighted by Crippen LogP contribution is -2.43. The Morgan fingerprint density at radius 2 is 2.00 bits per heavy atom. The lowest BCUT2D eigenvalue weighted by atomic mass is 9.81. The molecular weight excluding hydrogens is 451 g/mol. The molecule has 2 N–H and O–H groups in total. The molecule has 2 aromatic carbocycles. The van der Waals surface area contributed by atoms with Gasteiger partial charge in [-0.2, -0.15) is 0 Å². The standard InChI is InChI=1S/C27H33FN2O3S/c1-33-22-5-8-26-25(16-22)24(10-12-29-26)27(32)9-2-19-11-13-30(17-20(19)18-31)14-15-34-23-6-3-21(28)4-7-23/h3-8,10,12,16,19-20,27,31-32H,2,9,11,13-15,17-18H2,1H3/t19-,20-,27-/m1/s1. The summed E-state index contributed by atoms with van der Waals surface area (Å²) in [6.45, 7) is 2.98. The van der Waals surface area contributed by atoms with E-state index in [1.165, 1.54) is 12.1 Å². The third kappa shape index (κ3) is 6.27. The second-order valence-electron chi connectivity index (χ2n) is 8.97. The van der Waals surface area contributed by atoms with Gasteiger partial charge >= 0.3 is 0 Å². The number of rotatable bonds is 10. The SMILES string of the molecule is COc1ccc2nccc([C@H](O)CC[C@@H]3CCN(CCSc4ccc(F)cc4)C[C@@H]3CO)c2c1. The normalized spacial score (nSPS) is 19.9. The highest BCUT2D eigenvalue weighted by Gasteiger charge is 2.29. The number of piperidine rings is 1. The van der Waals surface area contributed by atoms with Crippen LogP contribution in [0.2, 0.25) is 0 Å². The predicted molar refractivity (Wildman–Crippen MR) is 135 cm³/mol. The zero-order valence-corrected chi connectivity index (χ0v) is 20.4. The van der Waals surface area contributed by atoms with Gasteiger partial charge in [-0.3, -0.25) is 4.98 Å². The van der Waals surface area contributed by atoms with Gasteiger partial charge in [0.05, 0.1) is 18.7 Å². The first-order valence-corrected chi connectivity index (χ1v) is 12.9. The first kappa shape index (κ1) is 24.9. The largest absolute Gasteiger partial charge is 0.497 e. The number of ether oxygens (including phenoxy) is 1. The van der Waals surface area contributed by atoms with Crippen LogP contribution in [0.5, 0.6) is 5.75 Å². The molecule has 3 aromatic rings. The molecule has 0 radical (unpaired) electrons. The first-order chi connectivity index (χ1) is 16.6. The number of thioether (sulfide) groups is 1. The lowest BCUT2D eigenvalue weighted by molar-refractivity contribution is 0.0608. The highest BCUT2D eigenvalue weighted by Crippen LogP contribution is 2.33. The summed E-state index contributed by atoms with van der Waals surface area (Å²) in [5.74, 6) is 2.08. The van der Waals surface area contributed by atoms with Crippen LogP contribution in [0.15, 0.2) is 59.6 Å². The quantitative estimate of drug-likeness (QED) is 0.398. The van der Waals surface area contributed by atoms with Crippen LogP contribution in [0.25, 0.3) is 10.9 Å². The summed E-state index contributed by atoms with van der Waals surface area (Å²) in [6, 6.07) is 14.2. The molecule has 0 aliphatic carbocycles. The van der Waals surface area contributed by atoms with Crippen molar-refractivity contribution < 1.29 is 19.3 Å². The number of hydrogen-bond donors (Lipinski definition) is 2. The maximum atomic E-state index is 13.1. The number of nitrogens with zero attached hydrogens (tertiary/aromatic N) is 2. The summed E-state index contributed by atoms with van der Waals surface area (Å²) < 4.78 is 18.4. The number of likely N-dealkylation sites (tertiary alicyclic amines) is 1. The molecule has 7 heteroatoms. The van der Waals surface area contributed by atoms with Crippen LogP contribution in [0, 0.1) is 17.7 Å². The molecule has 0 spiro atoms. The van der Waals surface area contributed by atoms with E-state index in [-0.39, 0.29) is 18.3 Å². The Kier molecular flexibility index (Phi) is 8.78. The topological polar surface area (TPSA) is 65.8 Å². The van der Waals surface area contributed by atoms with E-state index >= 15 is 0 Å². The van der Waals surface area contributed by atoms with Crippen molar-refractivity contribution >= 4 is 22.7 Å². The van der Waals surface area contributed by atoms with Crippen LogP contribution < -0.4 is 4.74 Å². The van der Waals surface area contributed by atoms with Crippen molar-refractivity contribution in [3.63, 3.8) is 0 Å². The van der Waals surface area contributed by atoms with Crippen LogP contribution in [0.4, 0.5) is 4.39 Å². The van der Waals surface area contributed by atoms with Gasteiger partial charge in [-0.15, -0.1) is 11.8 Å². The molecule has 34 heavy (non-hydrogen) atoms. The summed E-state index contributed by atoms with van der Waals surface area (Å²) in [5.41, 5.74) is 1.72. The van der Waals surface area contributed by atoms with Crippen molar-refractivity contribution in [2.75, 3.05) is 39.1 Å². The van der Waals surface area contributed by atoms with Crippen LogP contribution >= 0.6 is 11.8 Å². The number of benzene rings is 2. The van der Waals surface area contributed by atoms with Gasteiger partial charge in [-0.1, -0.05) is 0 Å². The first-order valence-electron chi connectivity index (χ1n) is 11.9. The molecule has 3 atom stereocenters. The average molecular weight is 485 g/mol. The minimum absolute atomic E-state index is 0.164. The fourth-order valence-electron chi connectivity index (χ4n) is 4.86. The second-order valence-corrected chi connectivity index (χ2v) is 10.1. The molecule has 0 bridgehead atoms. The molecule has 0 amide bonds. The fraction of sp³-hybridized carbons (Fsp3) is 0.444. The van der Waals surface area contributed by atoms with Crippen molar-refractivity contribution in [1.82, 2.24) is 9.88 Å². The highest BCUT2D eigenvalue weighted by atomic mass is 32.2. The van der Waals surface area contributed by atoms with Crippen molar-refractivity contribution in [3.05, 3.63) is 66.1 Å². The van der Waals surface area contributed by atoms with E-state index in [9.17, 15) is 14.6 Å². The van der Waals surface area contributed by atoms with E-state index in [2.05, 4.69) is 9.88 Å². The number of pyridine rings is 1. The van der Waals surface area contributed by atoms with Crippen LogP contribution in [0.1, 0.15) is 30.9 Å². The number of halogens is 1. The summed E-state index contributed by atoms with van der Waals surface area (Å²) in [6.07, 6.45) is 3.70. The molecular formula is C27H33FN2O3S. The number of fused-ring (bicyclic) bond motifs is 1. The fourth-order valence-corrected chi connectivity index (χ4v) is 5.77. The molecule has 182 valence electrons. The molecule has 2 heterocycles. The highest BCUT2D eigenvalue weighted by molar-refractivity contribution is 7.99. The van der Waals surface area contributed by atoms with Crippen molar-refractivity contribution in [3.8, 4) is 5.75 Å². The molecule has 0 saturated carbocycles. The van der Waals surface area contributed by atoms with E-state index in [1.54, 1.807) is 25.1 Å². The molecule has 1 saturated heterocycles. The van der Waals surface area contributed by atoms with Crippen molar-refractivity contribution in [2.24, 2.45) is 11.8 Å². The third-order valence-electron chi connectivity index (χ3n) is 6.85. The van der Waals surface area contributed by atoms with Crippen LogP contribution in [0.3, 0.4) is 0 Å². The van der Waals surface area contributed by atoms with E-state index in [1.807, 2.05) is 36.4 Å². The van der Waals surface area contributed by atoms with Gasteiger partial charge in [0.2, 0.25) is 0 Å². The number of hydrogen-bond acceptors (Lipinski definition) is 6. The monoisotopic (exact) mass is 484 g/mol. The van der Waals surface area contributed by atoms with E-state index in [4.69, 9.17) is 4.74 Å².